The molecule has 0 fully saturated rings. The van der Waals surface area contributed by atoms with Crippen molar-refractivity contribution in [3.05, 3.63) is 58.0 Å². The fourth-order valence-electron chi connectivity index (χ4n) is 2.30. The molecule has 2 rings (SSSR count). The predicted molar refractivity (Wildman–Crippen MR) is 82.7 cm³/mol. The maximum atomic E-state index is 6.25. The molecule has 2 N–H and O–H groups in total. The first kappa shape index (κ1) is 15.1. The predicted octanol–water partition coefficient (Wildman–Crippen LogP) is 3.89. The van der Waals surface area contributed by atoms with Crippen molar-refractivity contribution in [1.29, 1.82) is 0 Å². The van der Waals surface area contributed by atoms with Crippen molar-refractivity contribution in [2.75, 3.05) is 7.05 Å². The Kier molecular flexibility index (Phi) is 4.86. The highest BCUT2D eigenvalue weighted by atomic mass is 35.5. The van der Waals surface area contributed by atoms with Crippen molar-refractivity contribution in [3.63, 3.8) is 0 Å². The smallest absolute Gasteiger partial charge is 0.118 e. The zero-order valence-electron chi connectivity index (χ0n) is 12.2. The fourth-order valence-corrected chi connectivity index (χ4v) is 2.60. The molecule has 1 heterocycles. The Labute approximate surface area is 125 Å². The standard InChI is InChI=1S/C16H21ClN2O/c1-11(15-6-4-5-7-16(15)17)19(3)10-14-8-13(9-18)12(2)20-14/h4-8,11H,9-10,18H2,1-3H3. The summed E-state index contributed by atoms with van der Waals surface area (Å²) in [7, 11) is 2.06. The first-order valence-corrected chi connectivity index (χ1v) is 7.13. The maximum Gasteiger partial charge on any atom is 0.118 e. The average Bonchev–Trinajstić information content (AvgIpc) is 2.78. The third-order valence-corrected chi connectivity index (χ3v) is 4.06. The van der Waals surface area contributed by atoms with E-state index in [2.05, 4.69) is 24.9 Å². The minimum atomic E-state index is 0.218. The zero-order valence-corrected chi connectivity index (χ0v) is 12.9. The molecule has 20 heavy (non-hydrogen) atoms. The summed E-state index contributed by atoms with van der Waals surface area (Å²) < 4.78 is 5.74. The summed E-state index contributed by atoms with van der Waals surface area (Å²) >= 11 is 6.25. The largest absolute Gasteiger partial charge is 0.465 e. The van der Waals surface area contributed by atoms with Gasteiger partial charge in [0.2, 0.25) is 0 Å². The summed E-state index contributed by atoms with van der Waals surface area (Å²) in [5.41, 5.74) is 7.87. The summed E-state index contributed by atoms with van der Waals surface area (Å²) in [6.45, 7) is 5.33. The van der Waals surface area contributed by atoms with Gasteiger partial charge in [-0.05, 0) is 38.6 Å². The van der Waals surface area contributed by atoms with E-state index < -0.39 is 0 Å². The van der Waals surface area contributed by atoms with E-state index in [9.17, 15) is 0 Å². The lowest BCUT2D eigenvalue weighted by molar-refractivity contribution is 0.231. The third-order valence-electron chi connectivity index (χ3n) is 3.71. The number of halogens is 1. The van der Waals surface area contributed by atoms with Crippen LogP contribution in [0.5, 0.6) is 0 Å². The lowest BCUT2D eigenvalue weighted by atomic mass is 10.1. The second-order valence-corrected chi connectivity index (χ2v) is 5.52. The first-order valence-electron chi connectivity index (χ1n) is 6.75. The van der Waals surface area contributed by atoms with Gasteiger partial charge >= 0.3 is 0 Å². The molecular weight excluding hydrogens is 272 g/mol. The summed E-state index contributed by atoms with van der Waals surface area (Å²) in [5.74, 6) is 1.84. The molecule has 0 aliphatic heterocycles. The van der Waals surface area contributed by atoms with Gasteiger partial charge in [-0.15, -0.1) is 0 Å². The molecule has 0 aliphatic carbocycles. The Morgan fingerprint density at radius 3 is 2.65 bits per heavy atom. The number of hydrogen-bond donors (Lipinski definition) is 1. The molecule has 0 radical (unpaired) electrons. The summed E-state index contributed by atoms with van der Waals surface area (Å²) in [6.07, 6.45) is 0. The Bertz CT molecular complexity index is 580. The van der Waals surface area contributed by atoms with E-state index in [1.807, 2.05) is 31.2 Å². The molecule has 1 unspecified atom stereocenters. The first-order chi connectivity index (χ1) is 9.52. The summed E-state index contributed by atoms with van der Waals surface area (Å²) in [6, 6.07) is 10.2. The number of furan rings is 1. The molecule has 0 bridgehead atoms. The molecule has 108 valence electrons. The van der Waals surface area contributed by atoms with Gasteiger partial charge in [0.1, 0.15) is 11.5 Å². The minimum absolute atomic E-state index is 0.218. The highest BCUT2D eigenvalue weighted by molar-refractivity contribution is 6.31. The van der Waals surface area contributed by atoms with E-state index in [-0.39, 0.29) is 6.04 Å². The van der Waals surface area contributed by atoms with Gasteiger partial charge in [-0.1, -0.05) is 29.8 Å². The molecule has 0 saturated heterocycles. The molecular formula is C16H21ClN2O. The molecule has 1 atom stereocenters. The van der Waals surface area contributed by atoms with Gasteiger partial charge in [0, 0.05) is 23.2 Å². The Balaban J connectivity index is 2.11. The number of rotatable bonds is 5. The highest BCUT2D eigenvalue weighted by Gasteiger charge is 2.16. The van der Waals surface area contributed by atoms with Crippen LogP contribution in [-0.4, -0.2) is 11.9 Å². The van der Waals surface area contributed by atoms with Crippen LogP contribution >= 0.6 is 11.6 Å². The molecule has 0 aliphatic rings. The second-order valence-electron chi connectivity index (χ2n) is 5.11. The van der Waals surface area contributed by atoms with E-state index in [4.69, 9.17) is 21.8 Å². The SMILES string of the molecule is Cc1oc(CN(C)C(C)c2ccccc2Cl)cc1CN. The van der Waals surface area contributed by atoms with Gasteiger partial charge in [-0.25, -0.2) is 0 Å². The van der Waals surface area contributed by atoms with Crippen molar-refractivity contribution in [1.82, 2.24) is 4.90 Å². The molecule has 1 aromatic heterocycles. The molecule has 4 heteroatoms. The average molecular weight is 293 g/mol. The second kappa shape index (κ2) is 6.44. The number of aryl methyl sites for hydroxylation is 1. The number of hydrogen-bond acceptors (Lipinski definition) is 3. The van der Waals surface area contributed by atoms with Gasteiger partial charge in [0.25, 0.3) is 0 Å². The van der Waals surface area contributed by atoms with Crippen LogP contribution in [0.3, 0.4) is 0 Å². The van der Waals surface area contributed by atoms with Gasteiger partial charge in [0.15, 0.2) is 0 Å². The number of nitrogens with zero attached hydrogens (tertiary/aromatic N) is 1. The van der Waals surface area contributed by atoms with E-state index in [0.717, 1.165) is 34.2 Å². The Morgan fingerprint density at radius 2 is 2.05 bits per heavy atom. The van der Waals surface area contributed by atoms with Gasteiger partial charge in [0.05, 0.1) is 6.54 Å². The molecule has 0 spiro atoms. The van der Waals surface area contributed by atoms with E-state index in [0.29, 0.717) is 6.54 Å². The monoisotopic (exact) mass is 292 g/mol. The van der Waals surface area contributed by atoms with Gasteiger partial charge in [-0.2, -0.15) is 0 Å². The summed E-state index contributed by atoms with van der Waals surface area (Å²) in [4.78, 5) is 2.21. The van der Waals surface area contributed by atoms with Crippen molar-refractivity contribution < 1.29 is 4.42 Å². The molecule has 0 amide bonds. The molecule has 2 aromatic rings. The number of benzene rings is 1. The number of nitrogens with two attached hydrogens (primary N) is 1. The Morgan fingerprint density at radius 1 is 1.35 bits per heavy atom. The van der Waals surface area contributed by atoms with Crippen LogP contribution in [0.1, 0.15) is 35.6 Å². The Hall–Kier alpha value is -1.29. The van der Waals surface area contributed by atoms with Crippen LogP contribution in [0.4, 0.5) is 0 Å². The topological polar surface area (TPSA) is 42.4 Å². The van der Waals surface area contributed by atoms with Crippen LogP contribution in [-0.2, 0) is 13.1 Å². The van der Waals surface area contributed by atoms with E-state index in [1.165, 1.54) is 0 Å². The van der Waals surface area contributed by atoms with Gasteiger partial charge < -0.3 is 10.2 Å². The maximum absolute atomic E-state index is 6.25. The zero-order chi connectivity index (χ0) is 14.7. The summed E-state index contributed by atoms with van der Waals surface area (Å²) in [5, 5.41) is 0.796. The van der Waals surface area contributed by atoms with Crippen molar-refractivity contribution in [3.8, 4) is 0 Å². The van der Waals surface area contributed by atoms with E-state index in [1.54, 1.807) is 0 Å². The van der Waals surface area contributed by atoms with Crippen LogP contribution in [0, 0.1) is 6.92 Å². The minimum Gasteiger partial charge on any atom is -0.465 e. The van der Waals surface area contributed by atoms with Crippen LogP contribution < -0.4 is 5.73 Å². The molecule has 1 aromatic carbocycles. The normalized spacial score (nSPS) is 12.9. The van der Waals surface area contributed by atoms with E-state index >= 15 is 0 Å². The van der Waals surface area contributed by atoms with Crippen molar-refractivity contribution in [2.45, 2.75) is 33.0 Å². The quantitative estimate of drug-likeness (QED) is 0.909. The van der Waals surface area contributed by atoms with Crippen LogP contribution in [0.25, 0.3) is 0 Å². The molecule has 0 saturated carbocycles. The third kappa shape index (κ3) is 3.23. The fraction of sp³-hybridized carbons (Fsp3) is 0.375. The lowest BCUT2D eigenvalue weighted by Crippen LogP contribution is -2.21. The van der Waals surface area contributed by atoms with Crippen LogP contribution in [0.15, 0.2) is 34.7 Å². The van der Waals surface area contributed by atoms with Gasteiger partial charge in [-0.3, -0.25) is 4.90 Å². The lowest BCUT2D eigenvalue weighted by Gasteiger charge is -2.24. The van der Waals surface area contributed by atoms with Crippen molar-refractivity contribution >= 4 is 11.6 Å². The van der Waals surface area contributed by atoms with Crippen molar-refractivity contribution in [2.24, 2.45) is 5.73 Å². The molecule has 3 nitrogen and oxygen atoms in total. The highest BCUT2D eigenvalue weighted by Crippen LogP contribution is 2.27. The van der Waals surface area contributed by atoms with Crippen LogP contribution in [0.2, 0.25) is 5.02 Å².